The van der Waals surface area contributed by atoms with Crippen LogP contribution in [0.15, 0.2) is 67.3 Å². The number of rotatable bonds is 6. The molecule has 2 fully saturated rings. The quantitative estimate of drug-likeness (QED) is 0.227. The van der Waals surface area contributed by atoms with Gasteiger partial charge in [0, 0.05) is 47.5 Å². The summed E-state index contributed by atoms with van der Waals surface area (Å²) in [5, 5.41) is 13.7. The normalized spacial score (nSPS) is 16.5. The van der Waals surface area contributed by atoms with Crippen molar-refractivity contribution in [3.63, 3.8) is 0 Å². The van der Waals surface area contributed by atoms with Gasteiger partial charge < -0.3 is 15.2 Å². The van der Waals surface area contributed by atoms with Crippen molar-refractivity contribution in [3.8, 4) is 22.5 Å². The summed E-state index contributed by atoms with van der Waals surface area (Å²) in [4.78, 5) is 15.3. The van der Waals surface area contributed by atoms with Gasteiger partial charge in [0.05, 0.1) is 28.6 Å². The Kier molecular flexibility index (Phi) is 5.84. The molecule has 0 spiro atoms. The van der Waals surface area contributed by atoms with E-state index >= 15 is 0 Å². The molecule has 7 rings (SSSR count). The predicted molar refractivity (Wildman–Crippen MR) is 155 cm³/mol. The fourth-order valence-electron chi connectivity index (χ4n) is 6.15. The van der Waals surface area contributed by atoms with Gasteiger partial charge in [-0.25, -0.2) is 4.98 Å². The van der Waals surface area contributed by atoms with Gasteiger partial charge in [0.2, 0.25) is 0 Å². The molecule has 7 nitrogen and oxygen atoms in total. The monoisotopic (exact) mass is 503 g/mol. The smallest absolute Gasteiger partial charge is 0.137 e. The van der Waals surface area contributed by atoms with Gasteiger partial charge in [-0.3, -0.25) is 10.1 Å². The molecule has 1 aliphatic heterocycles. The number of aromatic amines is 2. The fourth-order valence-corrected chi connectivity index (χ4v) is 6.15. The average Bonchev–Trinajstić information content (AvgIpc) is 3.73. The molecular formula is C31H33N7. The predicted octanol–water partition coefficient (Wildman–Crippen LogP) is 7.27. The minimum absolute atomic E-state index is 0.561. The molecule has 1 saturated carbocycles. The van der Waals surface area contributed by atoms with Crippen LogP contribution >= 0.6 is 0 Å². The topological polar surface area (TPSA) is 85.5 Å². The van der Waals surface area contributed by atoms with Crippen LogP contribution in [0.1, 0.15) is 44.9 Å². The molecular weight excluding hydrogens is 470 g/mol. The van der Waals surface area contributed by atoms with Crippen LogP contribution < -0.4 is 10.2 Å². The number of hydrogen-bond donors (Lipinski definition) is 3. The number of pyridine rings is 2. The minimum atomic E-state index is 0.561. The molecule has 0 bridgehead atoms. The molecule has 0 radical (unpaired) electrons. The lowest BCUT2D eigenvalue weighted by molar-refractivity contribution is 0.575. The van der Waals surface area contributed by atoms with Crippen molar-refractivity contribution >= 4 is 33.3 Å². The first-order valence-electron chi connectivity index (χ1n) is 13.9. The van der Waals surface area contributed by atoms with E-state index in [-0.39, 0.29) is 0 Å². The van der Waals surface area contributed by atoms with Gasteiger partial charge in [-0.2, -0.15) is 5.10 Å². The molecule has 1 aromatic carbocycles. The molecule has 7 heteroatoms. The van der Waals surface area contributed by atoms with Gasteiger partial charge in [0.1, 0.15) is 11.5 Å². The van der Waals surface area contributed by atoms with E-state index in [2.05, 4.69) is 68.3 Å². The van der Waals surface area contributed by atoms with E-state index < -0.39 is 0 Å². The number of anilines is 2. The molecule has 0 amide bonds. The summed E-state index contributed by atoms with van der Waals surface area (Å²) in [5.41, 5.74) is 8.27. The van der Waals surface area contributed by atoms with E-state index in [0.29, 0.717) is 5.92 Å². The number of piperidine rings is 1. The first kappa shape index (κ1) is 23.0. The SMILES string of the molecule is C=C(Nc1cncc(-c2ccc3[nH]nc(-c4cc5c(N6CCCCC6)nccc5[nH]4)c3c2)c1)C1CCCC1. The van der Waals surface area contributed by atoms with Gasteiger partial charge in [-0.1, -0.05) is 25.5 Å². The maximum absolute atomic E-state index is 4.75. The average molecular weight is 504 g/mol. The summed E-state index contributed by atoms with van der Waals surface area (Å²) < 4.78 is 0. The van der Waals surface area contributed by atoms with Crippen LogP contribution in [0.4, 0.5) is 11.5 Å². The summed E-state index contributed by atoms with van der Waals surface area (Å²) in [6, 6.07) is 12.8. The van der Waals surface area contributed by atoms with Crippen LogP contribution in [0, 0.1) is 5.92 Å². The number of nitrogens with zero attached hydrogens (tertiary/aromatic N) is 4. The molecule has 1 saturated heterocycles. The molecule has 2 aliphatic rings. The lowest BCUT2D eigenvalue weighted by atomic mass is 10.0. The van der Waals surface area contributed by atoms with Gasteiger partial charge in [0.25, 0.3) is 0 Å². The van der Waals surface area contributed by atoms with Crippen LogP contribution in [0.5, 0.6) is 0 Å². The van der Waals surface area contributed by atoms with Crippen LogP contribution in [0.25, 0.3) is 44.3 Å². The molecule has 192 valence electrons. The van der Waals surface area contributed by atoms with Crippen molar-refractivity contribution in [1.82, 2.24) is 25.1 Å². The van der Waals surface area contributed by atoms with Crippen LogP contribution in [0.2, 0.25) is 0 Å². The highest BCUT2D eigenvalue weighted by atomic mass is 15.2. The van der Waals surface area contributed by atoms with E-state index in [9.17, 15) is 0 Å². The number of nitrogens with one attached hydrogen (secondary N) is 3. The third-order valence-electron chi connectivity index (χ3n) is 8.23. The second kappa shape index (κ2) is 9.63. The fraction of sp³-hybridized carbons (Fsp3) is 0.323. The van der Waals surface area contributed by atoms with Crippen LogP contribution in [-0.2, 0) is 0 Å². The number of H-pyrrole nitrogens is 2. The number of fused-ring (bicyclic) bond motifs is 2. The number of aromatic nitrogens is 5. The second-order valence-corrected chi connectivity index (χ2v) is 10.8. The molecule has 38 heavy (non-hydrogen) atoms. The minimum Gasteiger partial charge on any atom is -0.358 e. The third-order valence-corrected chi connectivity index (χ3v) is 8.23. The molecule has 5 heterocycles. The zero-order valence-corrected chi connectivity index (χ0v) is 21.6. The van der Waals surface area contributed by atoms with E-state index in [1.807, 2.05) is 18.6 Å². The third kappa shape index (κ3) is 4.22. The molecule has 5 aromatic rings. The summed E-state index contributed by atoms with van der Waals surface area (Å²) in [7, 11) is 0. The molecule has 4 aromatic heterocycles. The Morgan fingerprint density at radius 2 is 1.76 bits per heavy atom. The lowest BCUT2D eigenvalue weighted by Gasteiger charge is -2.28. The molecule has 0 unspecified atom stereocenters. The number of benzene rings is 1. The van der Waals surface area contributed by atoms with Crippen molar-refractivity contribution in [2.75, 3.05) is 23.3 Å². The highest BCUT2D eigenvalue weighted by molar-refractivity contribution is 6.00. The Morgan fingerprint density at radius 1 is 0.895 bits per heavy atom. The summed E-state index contributed by atoms with van der Waals surface area (Å²) >= 11 is 0. The molecule has 0 atom stereocenters. The van der Waals surface area contributed by atoms with Crippen LogP contribution in [-0.4, -0.2) is 38.2 Å². The standard InChI is InChI=1S/C31H33N7/c1-20(21-7-3-4-8-21)34-24-15-23(18-32-19-24)22-9-10-28-25(16-22)30(37-36-28)29-17-26-27(35-29)11-12-33-31(26)38-13-5-2-6-14-38/h9-12,15-19,21,34-35H,1-8,13-14H2,(H,36,37). The van der Waals surface area contributed by atoms with Crippen molar-refractivity contribution in [2.24, 2.45) is 5.92 Å². The van der Waals surface area contributed by atoms with Crippen molar-refractivity contribution in [2.45, 2.75) is 44.9 Å². The van der Waals surface area contributed by atoms with Gasteiger partial charge in [-0.15, -0.1) is 0 Å². The molecule has 3 N–H and O–H groups in total. The zero-order valence-electron chi connectivity index (χ0n) is 21.6. The second-order valence-electron chi connectivity index (χ2n) is 10.8. The van der Waals surface area contributed by atoms with Gasteiger partial charge in [-0.05, 0) is 73.9 Å². The highest BCUT2D eigenvalue weighted by Crippen LogP contribution is 2.35. The number of hydrogen-bond acceptors (Lipinski definition) is 5. The maximum Gasteiger partial charge on any atom is 0.137 e. The summed E-state index contributed by atoms with van der Waals surface area (Å²) in [6.45, 7) is 6.44. The highest BCUT2D eigenvalue weighted by Gasteiger charge is 2.20. The van der Waals surface area contributed by atoms with Crippen molar-refractivity contribution in [3.05, 3.63) is 67.3 Å². The van der Waals surface area contributed by atoms with Gasteiger partial charge >= 0.3 is 0 Å². The van der Waals surface area contributed by atoms with E-state index in [0.717, 1.165) is 74.6 Å². The van der Waals surface area contributed by atoms with Crippen molar-refractivity contribution in [1.29, 1.82) is 0 Å². The lowest BCUT2D eigenvalue weighted by Crippen LogP contribution is -2.30. The Balaban J connectivity index is 1.22. The Labute approximate surface area is 222 Å². The number of allylic oxidation sites excluding steroid dienone is 1. The summed E-state index contributed by atoms with van der Waals surface area (Å²) in [5.74, 6) is 1.63. The van der Waals surface area contributed by atoms with Crippen molar-refractivity contribution < 1.29 is 0 Å². The van der Waals surface area contributed by atoms with E-state index in [1.165, 1.54) is 44.9 Å². The Bertz CT molecular complexity index is 1620. The van der Waals surface area contributed by atoms with E-state index in [4.69, 9.17) is 10.1 Å². The van der Waals surface area contributed by atoms with E-state index in [1.54, 1.807) is 0 Å². The molecule has 1 aliphatic carbocycles. The Morgan fingerprint density at radius 3 is 2.63 bits per heavy atom. The largest absolute Gasteiger partial charge is 0.358 e. The van der Waals surface area contributed by atoms with Crippen LogP contribution in [0.3, 0.4) is 0 Å². The first-order valence-corrected chi connectivity index (χ1v) is 13.9. The van der Waals surface area contributed by atoms with Gasteiger partial charge in [0.15, 0.2) is 0 Å². The first-order chi connectivity index (χ1) is 18.7. The summed E-state index contributed by atoms with van der Waals surface area (Å²) in [6.07, 6.45) is 14.5. The maximum atomic E-state index is 4.75. The Hall–Kier alpha value is -4.13. The zero-order chi connectivity index (χ0) is 25.5.